The number of rotatable bonds is 6. The quantitative estimate of drug-likeness (QED) is 0.625. The van der Waals surface area contributed by atoms with Crippen LogP contribution in [0.5, 0.6) is 0 Å². The van der Waals surface area contributed by atoms with Crippen molar-refractivity contribution in [2.45, 2.75) is 13.5 Å². The summed E-state index contributed by atoms with van der Waals surface area (Å²) in [7, 11) is 1.73. The fraction of sp³-hybridized carbons (Fsp3) is 0.304. The Bertz CT molecular complexity index is 1010. The van der Waals surface area contributed by atoms with Crippen molar-refractivity contribution in [2.75, 3.05) is 25.5 Å². The number of amides is 2. The lowest BCUT2D eigenvalue weighted by molar-refractivity contribution is -0.121. The summed E-state index contributed by atoms with van der Waals surface area (Å²) >= 11 is 0. The Labute approximate surface area is 182 Å². The average molecular weight is 428 g/mol. The van der Waals surface area contributed by atoms with Crippen molar-refractivity contribution in [3.63, 3.8) is 0 Å². The molecule has 6 nitrogen and oxygen atoms in total. The van der Waals surface area contributed by atoms with E-state index < -0.39 is 0 Å². The largest absolute Gasteiger partial charge is 0.451 e. The predicted molar refractivity (Wildman–Crippen MR) is 120 cm³/mol. The van der Waals surface area contributed by atoms with Crippen LogP contribution in [-0.2, 0) is 11.3 Å². The Hall–Kier alpha value is -2.83. The minimum absolute atomic E-state index is 0. The van der Waals surface area contributed by atoms with Gasteiger partial charge < -0.3 is 20.0 Å². The third kappa shape index (κ3) is 4.50. The molecule has 30 heavy (non-hydrogen) atoms. The Balaban J connectivity index is 0.00000256. The molecule has 3 aromatic rings. The summed E-state index contributed by atoms with van der Waals surface area (Å²) in [5.41, 5.74) is 2.31. The van der Waals surface area contributed by atoms with Gasteiger partial charge in [-0.25, -0.2) is 0 Å². The number of furan rings is 1. The number of benzene rings is 2. The third-order valence-corrected chi connectivity index (χ3v) is 5.60. The summed E-state index contributed by atoms with van der Waals surface area (Å²) < 4.78 is 5.69. The van der Waals surface area contributed by atoms with E-state index in [2.05, 4.69) is 10.6 Å². The average Bonchev–Trinajstić information content (AvgIpc) is 3.11. The fourth-order valence-electron chi connectivity index (χ4n) is 3.51. The minimum atomic E-state index is -0.198. The Kier molecular flexibility index (Phi) is 6.80. The summed E-state index contributed by atoms with van der Waals surface area (Å²) in [5.74, 6) is 0.437. The van der Waals surface area contributed by atoms with Crippen LogP contribution in [0.2, 0.25) is 0 Å². The van der Waals surface area contributed by atoms with Crippen LogP contribution in [0.15, 0.2) is 59.0 Å². The van der Waals surface area contributed by atoms with Gasteiger partial charge in [0.1, 0.15) is 5.58 Å². The molecule has 1 aromatic heterocycles. The molecule has 2 N–H and O–H groups in total. The van der Waals surface area contributed by atoms with Crippen LogP contribution in [-0.4, -0.2) is 36.9 Å². The molecule has 0 spiro atoms. The van der Waals surface area contributed by atoms with Crippen molar-refractivity contribution in [2.24, 2.45) is 11.8 Å². The molecule has 1 fully saturated rings. The molecular formula is C23H26ClN3O3. The zero-order valence-corrected chi connectivity index (χ0v) is 17.9. The Morgan fingerprint density at radius 3 is 2.57 bits per heavy atom. The zero-order chi connectivity index (χ0) is 20.4. The molecule has 7 heteroatoms. The highest BCUT2D eigenvalue weighted by molar-refractivity contribution is 5.96. The van der Waals surface area contributed by atoms with Gasteiger partial charge in [0, 0.05) is 30.6 Å². The lowest BCUT2D eigenvalue weighted by atomic mass is 9.88. The summed E-state index contributed by atoms with van der Waals surface area (Å²) in [4.78, 5) is 27.0. The second-order valence-electron chi connectivity index (χ2n) is 7.66. The van der Waals surface area contributed by atoms with Crippen LogP contribution in [0.3, 0.4) is 0 Å². The number of nitrogens with one attached hydrogen (secondary N) is 2. The second-order valence-corrected chi connectivity index (χ2v) is 7.66. The number of nitrogens with zero attached hydrogens (tertiary/aromatic N) is 1. The van der Waals surface area contributed by atoms with Gasteiger partial charge in [-0.15, -0.1) is 12.4 Å². The van der Waals surface area contributed by atoms with Crippen molar-refractivity contribution in [1.29, 1.82) is 0 Å². The molecule has 1 saturated heterocycles. The molecule has 1 unspecified atom stereocenters. The highest BCUT2D eigenvalue weighted by atomic mass is 35.5. The standard InChI is InChI=1S/C23H25N3O3.ClH/c1-15(18-12-24-13-18)22(27)25-19-9-5-3-8-17(19)14-26(2)23(28)21-11-16-7-4-6-10-20(16)29-21;/h3-11,15,18,24H,12-14H2,1-2H3,(H,25,27);1H. The molecule has 2 aromatic carbocycles. The number of carbonyl (C=O) groups is 2. The van der Waals surface area contributed by atoms with Crippen LogP contribution in [0, 0.1) is 11.8 Å². The van der Waals surface area contributed by atoms with Gasteiger partial charge >= 0.3 is 0 Å². The van der Waals surface area contributed by atoms with E-state index in [1.807, 2.05) is 55.5 Å². The summed E-state index contributed by atoms with van der Waals surface area (Å²) in [6.07, 6.45) is 0. The first kappa shape index (κ1) is 21.9. The van der Waals surface area contributed by atoms with Crippen molar-refractivity contribution in [3.8, 4) is 0 Å². The maximum atomic E-state index is 12.8. The van der Waals surface area contributed by atoms with Gasteiger partial charge in [0.25, 0.3) is 5.91 Å². The van der Waals surface area contributed by atoms with Gasteiger partial charge in [-0.3, -0.25) is 9.59 Å². The van der Waals surface area contributed by atoms with E-state index in [-0.39, 0.29) is 30.1 Å². The van der Waals surface area contributed by atoms with Crippen molar-refractivity contribution in [3.05, 3.63) is 65.9 Å². The molecular weight excluding hydrogens is 402 g/mol. The molecule has 2 heterocycles. The Morgan fingerprint density at radius 1 is 1.17 bits per heavy atom. The first-order chi connectivity index (χ1) is 14.0. The number of hydrogen-bond donors (Lipinski definition) is 2. The molecule has 1 atom stereocenters. The molecule has 0 aliphatic carbocycles. The van der Waals surface area contributed by atoms with E-state index in [9.17, 15) is 9.59 Å². The van der Waals surface area contributed by atoms with Crippen LogP contribution in [0.25, 0.3) is 11.0 Å². The van der Waals surface area contributed by atoms with E-state index in [1.54, 1.807) is 18.0 Å². The van der Waals surface area contributed by atoms with E-state index >= 15 is 0 Å². The Morgan fingerprint density at radius 2 is 1.87 bits per heavy atom. The molecule has 0 saturated carbocycles. The lowest BCUT2D eigenvalue weighted by Gasteiger charge is -2.32. The van der Waals surface area contributed by atoms with Crippen LogP contribution >= 0.6 is 12.4 Å². The van der Waals surface area contributed by atoms with Crippen molar-refractivity contribution >= 4 is 40.9 Å². The first-order valence-corrected chi connectivity index (χ1v) is 9.86. The van der Waals surface area contributed by atoms with Crippen LogP contribution < -0.4 is 10.6 Å². The molecule has 2 amide bonds. The zero-order valence-electron chi connectivity index (χ0n) is 17.1. The van der Waals surface area contributed by atoms with E-state index in [0.29, 0.717) is 23.8 Å². The van der Waals surface area contributed by atoms with Crippen LogP contribution in [0.1, 0.15) is 23.0 Å². The third-order valence-electron chi connectivity index (χ3n) is 5.60. The molecule has 158 valence electrons. The first-order valence-electron chi connectivity index (χ1n) is 9.86. The fourth-order valence-corrected chi connectivity index (χ4v) is 3.51. The monoisotopic (exact) mass is 427 g/mol. The smallest absolute Gasteiger partial charge is 0.289 e. The maximum Gasteiger partial charge on any atom is 0.289 e. The van der Waals surface area contributed by atoms with Gasteiger partial charge in [-0.2, -0.15) is 0 Å². The predicted octanol–water partition coefficient (Wildman–Crippen LogP) is 3.92. The van der Waals surface area contributed by atoms with Gasteiger partial charge in [0.2, 0.25) is 5.91 Å². The van der Waals surface area contributed by atoms with E-state index in [1.165, 1.54) is 0 Å². The number of anilines is 1. The van der Waals surface area contributed by atoms with Crippen LogP contribution in [0.4, 0.5) is 5.69 Å². The van der Waals surface area contributed by atoms with Gasteiger partial charge in [-0.1, -0.05) is 43.3 Å². The normalized spacial score (nSPS) is 14.5. The summed E-state index contributed by atoms with van der Waals surface area (Å²) in [5, 5.41) is 7.14. The number of fused-ring (bicyclic) bond motifs is 1. The van der Waals surface area contributed by atoms with Crippen molar-refractivity contribution < 1.29 is 14.0 Å². The van der Waals surface area contributed by atoms with Gasteiger partial charge in [0.15, 0.2) is 5.76 Å². The maximum absolute atomic E-state index is 12.8. The summed E-state index contributed by atoms with van der Waals surface area (Å²) in [6.45, 7) is 4.09. The van der Waals surface area contributed by atoms with E-state index in [0.717, 1.165) is 29.7 Å². The highest BCUT2D eigenvalue weighted by Crippen LogP contribution is 2.23. The molecule has 1 aliphatic rings. The topological polar surface area (TPSA) is 74.6 Å². The second kappa shape index (κ2) is 9.32. The van der Waals surface area contributed by atoms with Gasteiger partial charge in [0.05, 0.1) is 0 Å². The number of hydrogen-bond acceptors (Lipinski definition) is 4. The number of carbonyl (C=O) groups excluding carboxylic acids is 2. The summed E-state index contributed by atoms with van der Waals surface area (Å²) in [6, 6.07) is 16.9. The molecule has 0 radical (unpaired) electrons. The number of para-hydroxylation sites is 2. The van der Waals surface area contributed by atoms with Gasteiger partial charge in [-0.05, 0) is 42.8 Å². The highest BCUT2D eigenvalue weighted by Gasteiger charge is 2.29. The van der Waals surface area contributed by atoms with E-state index in [4.69, 9.17) is 4.42 Å². The van der Waals surface area contributed by atoms with Crippen molar-refractivity contribution in [1.82, 2.24) is 10.2 Å². The minimum Gasteiger partial charge on any atom is -0.451 e. The molecule has 4 rings (SSSR count). The number of halogens is 1. The SMILES string of the molecule is CC(C(=O)Nc1ccccc1CN(C)C(=O)c1cc2ccccc2o1)C1CNC1.Cl. The lowest BCUT2D eigenvalue weighted by Crippen LogP contribution is -2.48. The molecule has 1 aliphatic heterocycles. The molecule has 0 bridgehead atoms.